The summed E-state index contributed by atoms with van der Waals surface area (Å²) in [5.74, 6) is 0.732. The van der Waals surface area contributed by atoms with Crippen molar-refractivity contribution in [2.24, 2.45) is 0 Å². The van der Waals surface area contributed by atoms with Gasteiger partial charge < -0.3 is 4.74 Å². The van der Waals surface area contributed by atoms with Crippen LogP contribution >= 0.6 is 11.6 Å². The van der Waals surface area contributed by atoms with Gasteiger partial charge in [0.1, 0.15) is 12.4 Å². The van der Waals surface area contributed by atoms with Gasteiger partial charge in [-0.25, -0.2) is 0 Å². The van der Waals surface area contributed by atoms with E-state index in [1.165, 1.54) is 0 Å². The summed E-state index contributed by atoms with van der Waals surface area (Å²) >= 11 is 5.94. The summed E-state index contributed by atoms with van der Waals surface area (Å²) in [6.07, 6.45) is 1.88. The summed E-state index contributed by atoms with van der Waals surface area (Å²) in [5, 5.41) is 12.7. The lowest BCUT2D eigenvalue weighted by Gasteiger charge is -2.10. The highest BCUT2D eigenvalue weighted by atomic mass is 35.5. The van der Waals surface area contributed by atoms with Crippen molar-refractivity contribution in [3.63, 3.8) is 0 Å². The molecule has 0 fully saturated rings. The first-order chi connectivity index (χ1) is 14.2. The minimum absolute atomic E-state index is 0.430. The normalized spacial score (nSPS) is 11.2. The van der Waals surface area contributed by atoms with Crippen LogP contribution in [0.25, 0.3) is 22.4 Å². The summed E-state index contributed by atoms with van der Waals surface area (Å²) < 4.78 is 6.02. The lowest BCUT2D eigenvalue weighted by atomic mass is 10.00. The van der Waals surface area contributed by atoms with Crippen LogP contribution in [-0.2, 0) is 6.61 Å². The molecule has 0 N–H and O–H groups in total. The molecule has 0 aliphatic carbocycles. The molecule has 0 aliphatic rings. The zero-order valence-corrected chi connectivity index (χ0v) is 16.4. The number of ether oxygens (including phenoxy) is 1. The third kappa shape index (κ3) is 4.48. The number of fused-ring (bicyclic) bond motifs is 1. The van der Waals surface area contributed by atoms with Crippen LogP contribution in [0.15, 0.2) is 91.0 Å². The zero-order valence-electron chi connectivity index (χ0n) is 15.7. The molecule has 0 heterocycles. The average molecular weight is 396 g/mol. The summed E-state index contributed by atoms with van der Waals surface area (Å²) in [4.78, 5) is 0. The number of allylic oxidation sites excluding steroid dienone is 1. The number of para-hydroxylation sites is 1. The number of hydrogen-bond acceptors (Lipinski definition) is 2. The van der Waals surface area contributed by atoms with E-state index in [0.717, 1.165) is 33.2 Å². The molecule has 4 aromatic carbocycles. The minimum atomic E-state index is 0.430. The van der Waals surface area contributed by atoms with Gasteiger partial charge in [-0.05, 0) is 52.2 Å². The van der Waals surface area contributed by atoms with Gasteiger partial charge in [0.05, 0.1) is 11.6 Å². The quantitative estimate of drug-likeness (QED) is 0.266. The standard InChI is InChI=1S/C26H18ClNO/c27-25-13-9-19(10-14-25)18-29-26-8-4-3-7-23(26)16-24(17-28)22-12-11-20-5-1-2-6-21(20)15-22/h1-16H,18H2/b24-16-. The Hall–Kier alpha value is -3.54. The number of nitriles is 1. The summed E-state index contributed by atoms with van der Waals surface area (Å²) in [6.45, 7) is 0.430. The van der Waals surface area contributed by atoms with E-state index in [1.54, 1.807) is 0 Å². The molecule has 140 valence electrons. The monoisotopic (exact) mass is 395 g/mol. The maximum absolute atomic E-state index is 9.77. The Bertz CT molecular complexity index is 1220. The van der Waals surface area contributed by atoms with E-state index in [1.807, 2.05) is 84.9 Å². The molecule has 0 amide bonds. The number of halogens is 1. The minimum Gasteiger partial charge on any atom is -0.488 e. The van der Waals surface area contributed by atoms with Gasteiger partial charge in [-0.1, -0.05) is 78.3 Å². The fourth-order valence-corrected chi connectivity index (χ4v) is 3.29. The van der Waals surface area contributed by atoms with Gasteiger partial charge in [0.25, 0.3) is 0 Å². The van der Waals surface area contributed by atoms with Crippen molar-refractivity contribution in [2.45, 2.75) is 6.61 Å². The van der Waals surface area contributed by atoms with Crippen LogP contribution in [0.5, 0.6) is 5.75 Å². The van der Waals surface area contributed by atoms with Gasteiger partial charge in [-0.3, -0.25) is 0 Å². The third-order valence-corrected chi connectivity index (χ3v) is 4.96. The van der Waals surface area contributed by atoms with Gasteiger partial charge in [0.15, 0.2) is 0 Å². The van der Waals surface area contributed by atoms with Crippen LogP contribution in [0, 0.1) is 11.3 Å². The predicted molar refractivity (Wildman–Crippen MR) is 120 cm³/mol. The van der Waals surface area contributed by atoms with Crippen molar-refractivity contribution in [3.8, 4) is 11.8 Å². The SMILES string of the molecule is N#C/C(=C/c1ccccc1OCc1ccc(Cl)cc1)c1ccc2ccccc2c1. The van der Waals surface area contributed by atoms with Crippen molar-refractivity contribution >= 4 is 34.0 Å². The highest BCUT2D eigenvalue weighted by molar-refractivity contribution is 6.30. The first-order valence-corrected chi connectivity index (χ1v) is 9.68. The summed E-state index contributed by atoms with van der Waals surface area (Å²) in [6, 6.07) is 31.8. The molecule has 0 atom stereocenters. The second-order valence-electron chi connectivity index (χ2n) is 6.68. The number of hydrogen-bond donors (Lipinski definition) is 0. The molecule has 3 heteroatoms. The fraction of sp³-hybridized carbons (Fsp3) is 0.0385. The Balaban J connectivity index is 1.63. The van der Waals surface area contributed by atoms with E-state index in [-0.39, 0.29) is 0 Å². The van der Waals surface area contributed by atoms with Gasteiger partial charge in [0, 0.05) is 10.6 Å². The van der Waals surface area contributed by atoms with Gasteiger partial charge >= 0.3 is 0 Å². The molecule has 2 nitrogen and oxygen atoms in total. The molecule has 29 heavy (non-hydrogen) atoms. The van der Waals surface area contributed by atoms with Crippen LogP contribution in [0.2, 0.25) is 5.02 Å². The third-order valence-electron chi connectivity index (χ3n) is 4.71. The molecule has 0 aliphatic heterocycles. The smallest absolute Gasteiger partial charge is 0.127 e. The topological polar surface area (TPSA) is 33.0 Å². The van der Waals surface area contributed by atoms with Crippen LogP contribution in [0.1, 0.15) is 16.7 Å². The Kier molecular flexibility index (Phi) is 5.61. The Labute approximate surface area is 175 Å². The molecule has 0 aromatic heterocycles. The summed E-state index contributed by atoms with van der Waals surface area (Å²) in [5.41, 5.74) is 3.38. The second kappa shape index (κ2) is 8.65. The second-order valence-corrected chi connectivity index (χ2v) is 7.12. The maximum atomic E-state index is 9.77. The molecular formula is C26H18ClNO. The molecule has 0 radical (unpaired) electrons. The van der Waals surface area contributed by atoms with Gasteiger partial charge in [-0.15, -0.1) is 0 Å². The van der Waals surface area contributed by atoms with E-state index in [9.17, 15) is 5.26 Å². The number of benzene rings is 4. The van der Waals surface area contributed by atoms with E-state index >= 15 is 0 Å². The highest BCUT2D eigenvalue weighted by Crippen LogP contribution is 2.27. The average Bonchev–Trinajstić information content (AvgIpc) is 2.77. The fourth-order valence-electron chi connectivity index (χ4n) is 3.17. The van der Waals surface area contributed by atoms with Crippen molar-refractivity contribution in [1.82, 2.24) is 0 Å². The van der Waals surface area contributed by atoms with Crippen LogP contribution < -0.4 is 4.74 Å². The molecule has 0 saturated carbocycles. The molecule has 4 rings (SSSR count). The van der Waals surface area contributed by atoms with Crippen molar-refractivity contribution in [2.75, 3.05) is 0 Å². The van der Waals surface area contributed by atoms with E-state index in [4.69, 9.17) is 16.3 Å². The maximum Gasteiger partial charge on any atom is 0.127 e. The molecule has 0 spiro atoms. The Morgan fingerprint density at radius 1 is 0.862 bits per heavy atom. The van der Waals surface area contributed by atoms with E-state index in [0.29, 0.717) is 17.2 Å². The lowest BCUT2D eigenvalue weighted by Crippen LogP contribution is -1.97. The highest BCUT2D eigenvalue weighted by Gasteiger charge is 2.07. The predicted octanol–water partition coefficient (Wildman–Crippen LogP) is 7.14. The first kappa shape index (κ1) is 18.8. The van der Waals surface area contributed by atoms with Gasteiger partial charge in [-0.2, -0.15) is 5.26 Å². The molecule has 0 bridgehead atoms. The van der Waals surface area contributed by atoms with Crippen LogP contribution in [-0.4, -0.2) is 0 Å². The molecule has 0 unspecified atom stereocenters. The molecule has 4 aromatic rings. The largest absolute Gasteiger partial charge is 0.488 e. The lowest BCUT2D eigenvalue weighted by molar-refractivity contribution is 0.305. The van der Waals surface area contributed by atoms with E-state index < -0.39 is 0 Å². The molecular weight excluding hydrogens is 378 g/mol. The molecule has 0 saturated heterocycles. The van der Waals surface area contributed by atoms with E-state index in [2.05, 4.69) is 18.2 Å². The van der Waals surface area contributed by atoms with Gasteiger partial charge in [0.2, 0.25) is 0 Å². The summed E-state index contributed by atoms with van der Waals surface area (Å²) in [7, 11) is 0. The Morgan fingerprint density at radius 2 is 1.59 bits per heavy atom. The Morgan fingerprint density at radius 3 is 2.38 bits per heavy atom. The number of rotatable bonds is 5. The first-order valence-electron chi connectivity index (χ1n) is 9.30. The van der Waals surface area contributed by atoms with Crippen molar-refractivity contribution in [1.29, 1.82) is 5.26 Å². The number of nitrogens with zero attached hydrogens (tertiary/aromatic N) is 1. The van der Waals surface area contributed by atoms with Crippen LogP contribution in [0.4, 0.5) is 0 Å². The van der Waals surface area contributed by atoms with Crippen molar-refractivity contribution < 1.29 is 4.74 Å². The zero-order chi connectivity index (χ0) is 20.1. The van der Waals surface area contributed by atoms with Crippen LogP contribution in [0.3, 0.4) is 0 Å². The van der Waals surface area contributed by atoms with Crippen molar-refractivity contribution in [3.05, 3.63) is 113 Å².